The van der Waals surface area contributed by atoms with Crippen LogP contribution in [0.1, 0.15) is 50.4 Å². The fourth-order valence-electron chi connectivity index (χ4n) is 3.38. The minimum atomic E-state index is -3.84. The summed E-state index contributed by atoms with van der Waals surface area (Å²) in [6, 6.07) is 10.3. The molecule has 2 aromatic heterocycles. The first kappa shape index (κ1) is 25.0. The molecule has 3 aromatic rings. The van der Waals surface area contributed by atoms with Gasteiger partial charge in [-0.15, -0.1) is 0 Å². The van der Waals surface area contributed by atoms with Crippen LogP contribution in [0.5, 0.6) is 0 Å². The molecule has 0 amide bonds. The van der Waals surface area contributed by atoms with Crippen LogP contribution in [0, 0.1) is 11.2 Å². The summed E-state index contributed by atoms with van der Waals surface area (Å²) in [4.78, 5) is 8.59. The second-order valence-electron chi connectivity index (χ2n) is 9.15. The predicted octanol–water partition coefficient (Wildman–Crippen LogP) is 3.99. The Morgan fingerprint density at radius 3 is 2.36 bits per heavy atom. The second-order valence-corrected chi connectivity index (χ2v) is 11.2. The maximum absolute atomic E-state index is 13.1. The number of halogens is 1. The lowest BCUT2D eigenvalue weighted by Gasteiger charge is -2.20. The van der Waals surface area contributed by atoms with Crippen LogP contribution in [-0.2, 0) is 23.1 Å². The highest BCUT2D eigenvalue weighted by molar-refractivity contribution is 7.87. The summed E-state index contributed by atoms with van der Waals surface area (Å²) >= 11 is 0. The van der Waals surface area contributed by atoms with E-state index in [9.17, 15) is 17.9 Å². The van der Waals surface area contributed by atoms with E-state index < -0.39 is 22.1 Å². The number of aliphatic hydroxyl groups excluding tert-OH is 1. The zero-order valence-electron chi connectivity index (χ0n) is 19.7. The van der Waals surface area contributed by atoms with E-state index in [1.165, 1.54) is 26.4 Å². The number of aliphatic hydroxyl groups is 1. The molecule has 2 heterocycles. The summed E-state index contributed by atoms with van der Waals surface area (Å²) < 4.78 is 41.1. The van der Waals surface area contributed by atoms with Gasteiger partial charge >= 0.3 is 10.2 Å². The van der Waals surface area contributed by atoms with Crippen molar-refractivity contribution in [2.24, 2.45) is 5.41 Å². The maximum Gasteiger partial charge on any atom is 0.308 e. The van der Waals surface area contributed by atoms with Crippen LogP contribution in [0.2, 0.25) is 0 Å². The first-order valence-electron chi connectivity index (χ1n) is 10.8. The van der Waals surface area contributed by atoms with E-state index >= 15 is 0 Å². The Balaban J connectivity index is 1.88. The van der Waals surface area contributed by atoms with Crippen molar-refractivity contribution >= 4 is 10.2 Å². The summed E-state index contributed by atoms with van der Waals surface area (Å²) in [5.41, 5.74) is 2.83. The highest BCUT2D eigenvalue weighted by Gasteiger charge is 2.28. The summed E-state index contributed by atoms with van der Waals surface area (Å²) in [7, 11) is -0.948. The third-order valence-electron chi connectivity index (χ3n) is 5.78. The smallest absolute Gasteiger partial charge is 0.308 e. The number of aromatic nitrogens is 3. The van der Waals surface area contributed by atoms with Crippen molar-refractivity contribution in [1.82, 2.24) is 18.2 Å². The Kier molecular flexibility index (Phi) is 7.36. The molecular formula is C24H31FN4O3S. The van der Waals surface area contributed by atoms with E-state index in [1.54, 1.807) is 6.07 Å². The van der Waals surface area contributed by atoms with Gasteiger partial charge in [-0.3, -0.25) is 4.98 Å². The molecule has 1 unspecified atom stereocenters. The second kappa shape index (κ2) is 9.70. The quantitative estimate of drug-likeness (QED) is 0.507. The van der Waals surface area contributed by atoms with Gasteiger partial charge < -0.3 is 5.11 Å². The van der Waals surface area contributed by atoms with Crippen LogP contribution in [0.4, 0.5) is 4.39 Å². The molecule has 0 saturated carbocycles. The molecule has 0 bridgehead atoms. The topological polar surface area (TPSA) is 88.3 Å². The van der Waals surface area contributed by atoms with Gasteiger partial charge in [0.1, 0.15) is 11.9 Å². The number of rotatable bonds is 9. The molecule has 1 N–H and O–H groups in total. The Bertz CT molecular complexity index is 1190. The van der Waals surface area contributed by atoms with Crippen LogP contribution in [-0.4, -0.2) is 45.9 Å². The van der Waals surface area contributed by atoms with Gasteiger partial charge in [-0.05, 0) is 29.5 Å². The Hall–Kier alpha value is -2.62. The zero-order valence-corrected chi connectivity index (χ0v) is 20.5. The standard InChI is InChI=1S/C24H31FN4O3S/c1-6-24(2,3)14-20-16-29(33(31,32)28(4)5)23(27-20)22(30)13-17-7-9-18(10-8-17)21-12-11-19(25)15-26-21/h7-12,15-16,22,30H,6,13-14H2,1-5H3. The van der Waals surface area contributed by atoms with Crippen LogP contribution in [0.25, 0.3) is 11.3 Å². The molecule has 0 saturated heterocycles. The summed E-state index contributed by atoms with van der Waals surface area (Å²) in [6.45, 7) is 6.27. The minimum Gasteiger partial charge on any atom is -0.385 e. The first-order chi connectivity index (χ1) is 15.4. The van der Waals surface area contributed by atoms with Gasteiger partial charge in [-0.25, -0.2) is 13.3 Å². The predicted molar refractivity (Wildman–Crippen MR) is 126 cm³/mol. The van der Waals surface area contributed by atoms with Crippen LogP contribution < -0.4 is 0 Å². The highest BCUT2D eigenvalue weighted by atomic mass is 32.2. The van der Waals surface area contributed by atoms with Gasteiger partial charge in [0.05, 0.1) is 17.6 Å². The third-order valence-corrected chi connectivity index (χ3v) is 7.49. The maximum atomic E-state index is 13.1. The van der Waals surface area contributed by atoms with Gasteiger partial charge in [0.2, 0.25) is 0 Å². The lowest BCUT2D eigenvalue weighted by Crippen LogP contribution is -2.30. The van der Waals surface area contributed by atoms with E-state index in [0.717, 1.165) is 32.0 Å². The highest BCUT2D eigenvalue weighted by Crippen LogP contribution is 2.28. The number of hydrogen-bond donors (Lipinski definition) is 1. The minimum absolute atomic E-state index is 0.0481. The van der Waals surface area contributed by atoms with Crippen molar-refractivity contribution in [3.05, 3.63) is 71.7 Å². The summed E-state index contributed by atoms with van der Waals surface area (Å²) in [6.07, 6.45) is 3.25. The molecule has 3 rings (SSSR count). The molecule has 0 spiro atoms. The SMILES string of the molecule is CCC(C)(C)Cc1cn(S(=O)(=O)N(C)C)c(C(O)Cc2ccc(-c3ccc(F)cn3)cc2)n1. The van der Waals surface area contributed by atoms with Crippen molar-refractivity contribution in [2.75, 3.05) is 14.1 Å². The zero-order chi connectivity index (χ0) is 24.4. The van der Waals surface area contributed by atoms with Crippen molar-refractivity contribution in [3.8, 4) is 11.3 Å². The number of nitrogens with zero attached hydrogens (tertiary/aromatic N) is 4. The monoisotopic (exact) mass is 474 g/mol. The Morgan fingerprint density at radius 1 is 1.15 bits per heavy atom. The molecule has 9 heteroatoms. The molecule has 0 aliphatic rings. The Morgan fingerprint density at radius 2 is 1.82 bits per heavy atom. The van der Waals surface area contributed by atoms with Crippen molar-refractivity contribution in [2.45, 2.75) is 46.1 Å². The van der Waals surface area contributed by atoms with Crippen LogP contribution in [0.15, 0.2) is 48.8 Å². The molecule has 0 fully saturated rings. The number of benzene rings is 1. The average molecular weight is 475 g/mol. The molecule has 0 aliphatic heterocycles. The summed E-state index contributed by atoms with van der Waals surface area (Å²) in [5, 5.41) is 11.0. The van der Waals surface area contributed by atoms with E-state index in [0.29, 0.717) is 17.8 Å². The number of pyridine rings is 1. The summed E-state index contributed by atoms with van der Waals surface area (Å²) in [5.74, 6) is -0.307. The van der Waals surface area contributed by atoms with Gasteiger partial charge in [0.25, 0.3) is 0 Å². The van der Waals surface area contributed by atoms with E-state index in [1.807, 2.05) is 24.3 Å². The molecule has 0 aliphatic carbocycles. The van der Waals surface area contributed by atoms with Gasteiger partial charge in [0, 0.05) is 32.3 Å². The van der Waals surface area contributed by atoms with E-state index in [2.05, 4.69) is 30.7 Å². The lowest BCUT2D eigenvalue weighted by atomic mass is 9.85. The van der Waals surface area contributed by atoms with E-state index in [-0.39, 0.29) is 17.7 Å². The fourth-order valence-corrected chi connectivity index (χ4v) is 4.39. The molecule has 0 radical (unpaired) electrons. The van der Waals surface area contributed by atoms with Gasteiger partial charge in [-0.2, -0.15) is 12.7 Å². The van der Waals surface area contributed by atoms with Gasteiger partial charge in [-0.1, -0.05) is 51.5 Å². The molecular weight excluding hydrogens is 443 g/mol. The molecule has 33 heavy (non-hydrogen) atoms. The molecule has 178 valence electrons. The van der Waals surface area contributed by atoms with Crippen molar-refractivity contribution < 1.29 is 17.9 Å². The number of hydrogen-bond acceptors (Lipinski definition) is 5. The molecule has 7 nitrogen and oxygen atoms in total. The number of imidazole rings is 1. The third kappa shape index (κ3) is 5.85. The van der Waals surface area contributed by atoms with Crippen molar-refractivity contribution in [1.29, 1.82) is 0 Å². The lowest BCUT2D eigenvalue weighted by molar-refractivity contribution is 0.167. The first-order valence-corrected chi connectivity index (χ1v) is 12.2. The van der Waals surface area contributed by atoms with E-state index in [4.69, 9.17) is 0 Å². The Labute approximate surface area is 195 Å². The fraction of sp³-hybridized carbons (Fsp3) is 0.417. The molecule has 1 atom stereocenters. The van der Waals surface area contributed by atoms with Gasteiger partial charge in [0.15, 0.2) is 5.82 Å². The van der Waals surface area contributed by atoms with Crippen LogP contribution >= 0.6 is 0 Å². The largest absolute Gasteiger partial charge is 0.385 e. The van der Waals surface area contributed by atoms with Crippen molar-refractivity contribution in [3.63, 3.8) is 0 Å². The van der Waals surface area contributed by atoms with Crippen LogP contribution in [0.3, 0.4) is 0 Å². The molecule has 1 aromatic carbocycles. The average Bonchev–Trinajstić information content (AvgIpc) is 3.19. The normalized spacial score (nSPS) is 13.5.